The third-order valence-corrected chi connectivity index (χ3v) is 7.05. The Morgan fingerprint density at radius 3 is 2.35 bits per heavy atom. The molecule has 210 valence electrons. The van der Waals surface area contributed by atoms with Gasteiger partial charge < -0.3 is 29.4 Å². The average molecular weight is 610 g/mol. The predicted molar refractivity (Wildman–Crippen MR) is 157 cm³/mol. The Balaban J connectivity index is 1.66. The summed E-state index contributed by atoms with van der Waals surface area (Å²) in [5, 5.41) is 12.0. The van der Waals surface area contributed by atoms with Crippen molar-refractivity contribution in [2.75, 3.05) is 27.4 Å². The maximum absolute atomic E-state index is 14.0. The normalized spacial score (nSPS) is 17.9. The number of aliphatic hydroxyl groups excluding tert-OH is 1. The van der Waals surface area contributed by atoms with E-state index < -0.39 is 11.6 Å². The van der Waals surface area contributed by atoms with Crippen molar-refractivity contribution in [2.45, 2.75) is 31.0 Å². The Labute approximate surface area is 242 Å². The molecule has 0 saturated carbocycles. The number of amides is 1. The molecular weight excluding hydrogens is 576 g/mol. The third kappa shape index (κ3) is 6.66. The highest BCUT2D eigenvalue weighted by Gasteiger charge is 2.52. The van der Waals surface area contributed by atoms with E-state index in [0.717, 1.165) is 15.6 Å². The second-order valence-electron chi connectivity index (χ2n) is 9.24. The van der Waals surface area contributed by atoms with Gasteiger partial charge in [-0.25, -0.2) is 4.99 Å². The van der Waals surface area contributed by atoms with Crippen LogP contribution >= 0.6 is 15.9 Å². The van der Waals surface area contributed by atoms with Crippen LogP contribution in [0.3, 0.4) is 0 Å². The molecule has 0 unspecified atom stereocenters. The Morgan fingerprint density at radius 2 is 1.75 bits per heavy atom. The molecule has 0 bridgehead atoms. The first-order valence-electron chi connectivity index (χ1n) is 12.9. The predicted octanol–water partition coefficient (Wildman–Crippen LogP) is 5.38. The molecule has 2 N–H and O–H groups in total. The molecule has 0 fully saturated rings. The number of nitrogens with zero attached hydrogens (tertiary/aromatic N) is 1. The summed E-state index contributed by atoms with van der Waals surface area (Å²) < 4.78 is 23.8. The fraction of sp³-hybridized carbons (Fsp3) is 0.290. The van der Waals surface area contributed by atoms with Gasteiger partial charge in [0.2, 0.25) is 5.90 Å². The van der Waals surface area contributed by atoms with Crippen LogP contribution < -0.4 is 19.5 Å². The molecule has 0 spiro atoms. The molecule has 1 amide bonds. The second kappa shape index (κ2) is 13.5. The van der Waals surface area contributed by atoms with E-state index in [0.29, 0.717) is 41.7 Å². The number of hydrogen-bond acceptors (Lipinski definition) is 7. The lowest BCUT2D eigenvalue weighted by atomic mass is 9.84. The van der Waals surface area contributed by atoms with Crippen LogP contribution in [0.1, 0.15) is 35.6 Å². The summed E-state index contributed by atoms with van der Waals surface area (Å²) in [4.78, 5) is 18.9. The fourth-order valence-electron chi connectivity index (χ4n) is 4.48. The lowest BCUT2D eigenvalue weighted by molar-refractivity contribution is -0.129. The molecule has 1 aliphatic rings. The van der Waals surface area contributed by atoms with Gasteiger partial charge in [-0.15, -0.1) is 6.58 Å². The quantitative estimate of drug-likeness (QED) is 0.200. The number of benzene rings is 3. The highest BCUT2D eigenvalue weighted by atomic mass is 79.9. The molecular formula is C31H33BrN2O6. The average Bonchev–Trinajstić information content (AvgIpc) is 3.37. The van der Waals surface area contributed by atoms with Gasteiger partial charge in [-0.3, -0.25) is 4.79 Å². The molecule has 3 aromatic carbocycles. The summed E-state index contributed by atoms with van der Waals surface area (Å²) in [6, 6.07) is 20.5. The number of ether oxygens (including phenoxy) is 4. The van der Waals surface area contributed by atoms with Crippen LogP contribution in [0.5, 0.6) is 17.2 Å². The van der Waals surface area contributed by atoms with E-state index in [1.807, 2.05) is 60.7 Å². The maximum atomic E-state index is 14.0. The number of rotatable bonds is 13. The van der Waals surface area contributed by atoms with Crippen LogP contribution in [0.4, 0.5) is 0 Å². The molecule has 1 aliphatic heterocycles. The van der Waals surface area contributed by atoms with Crippen LogP contribution in [0.2, 0.25) is 0 Å². The van der Waals surface area contributed by atoms with Crippen LogP contribution in [-0.4, -0.2) is 49.9 Å². The summed E-state index contributed by atoms with van der Waals surface area (Å²) in [6.07, 6.45) is 1.81. The molecule has 3 aromatic rings. The summed E-state index contributed by atoms with van der Waals surface area (Å²) >= 11 is 3.48. The van der Waals surface area contributed by atoms with Crippen molar-refractivity contribution in [1.29, 1.82) is 0 Å². The highest BCUT2D eigenvalue weighted by Crippen LogP contribution is 2.43. The fourth-order valence-corrected chi connectivity index (χ4v) is 4.74. The topological polar surface area (TPSA) is 98.6 Å². The minimum absolute atomic E-state index is 0.0684. The minimum Gasteiger partial charge on any atom is -0.497 e. The van der Waals surface area contributed by atoms with Gasteiger partial charge in [-0.05, 0) is 59.7 Å². The van der Waals surface area contributed by atoms with Crippen molar-refractivity contribution >= 4 is 27.7 Å². The van der Waals surface area contributed by atoms with Crippen molar-refractivity contribution in [3.63, 3.8) is 0 Å². The Kier molecular flexibility index (Phi) is 9.84. The third-order valence-electron chi connectivity index (χ3n) is 6.52. The van der Waals surface area contributed by atoms with Crippen LogP contribution in [-0.2, 0) is 16.1 Å². The van der Waals surface area contributed by atoms with Gasteiger partial charge in [0, 0.05) is 42.1 Å². The first-order valence-corrected chi connectivity index (χ1v) is 13.7. The minimum atomic E-state index is -1.29. The van der Waals surface area contributed by atoms with Crippen molar-refractivity contribution < 1.29 is 28.8 Å². The molecule has 8 nitrogen and oxygen atoms in total. The molecule has 40 heavy (non-hydrogen) atoms. The number of methoxy groups -OCH3 is 2. The molecule has 4 rings (SSSR count). The second-order valence-corrected chi connectivity index (χ2v) is 10.2. The van der Waals surface area contributed by atoms with Crippen LogP contribution in [0.25, 0.3) is 0 Å². The first kappa shape index (κ1) is 29.2. The molecule has 1 heterocycles. The zero-order valence-corrected chi connectivity index (χ0v) is 24.1. The largest absolute Gasteiger partial charge is 0.497 e. The molecule has 0 aromatic heterocycles. The van der Waals surface area contributed by atoms with E-state index in [4.69, 9.17) is 29.0 Å². The summed E-state index contributed by atoms with van der Waals surface area (Å²) in [6.45, 7) is 4.65. The monoisotopic (exact) mass is 608 g/mol. The number of hydrogen-bond donors (Lipinski definition) is 2. The smallest absolute Gasteiger partial charge is 0.252 e. The molecule has 9 heteroatoms. The number of halogens is 1. The van der Waals surface area contributed by atoms with Crippen molar-refractivity contribution in [2.24, 2.45) is 4.99 Å². The van der Waals surface area contributed by atoms with Gasteiger partial charge in [-0.1, -0.05) is 34.1 Å². The number of nitrogens with one attached hydrogen (secondary N) is 1. The number of carbonyl (C=O) groups excluding carboxylic acids is 1. The van der Waals surface area contributed by atoms with E-state index >= 15 is 0 Å². The summed E-state index contributed by atoms with van der Waals surface area (Å²) in [5.41, 5.74) is 1.06. The van der Waals surface area contributed by atoms with Gasteiger partial charge in [0.05, 0.1) is 20.8 Å². The lowest BCUT2D eigenvalue weighted by Crippen LogP contribution is -2.47. The van der Waals surface area contributed by atoms with E-state index in [-0.39, 0.29) is 25.5 Å². The molecule has 0 saturated heterocycles. The highest BCUT2D eigenvalue weighted by molar-refractivity contribution is 9.10. The molecule has 0 aliphatic carbocycles. The zero-order valence-electron chi connectivity index (χ0n) is 22.6. The maximum Gasteiger partial charge on any atom is 0.252 e. The van der Waals surface area contributed by atoms with E-state index in [1.165, 1.54) is 0 Å². The lowest BCUT2D eigenvalue weighted by Gasteiger charge is -2.29. The summed E-state index contributed by atoms with van der Waals surface area (Å²) in [7, 11) is 3.16. The SMILES string of the molecule is C=CC[C@@]1(C(=O)NCc2cc(OC)cc(OC)c2)N=C(c2ccc(OCCCO)cc2)O[C@@H]1c1ccc(Br)cc1. The van der Waals surface area contributed by atoms with Gasteiger partial charge in [0.25, 0.3) is 5.91 Å². The molecule has 0 radical (unpaired) electrons. The van der Waals surface area contributed by atoms with Crippen LogP contribution in [0.15, 0.2) is 88.9 Å². The van der Waals surface area contributed by atoms with E-state index in [9.17, 15) is 4.79 Å². The van der Waals surface area contributed by atoms with Crippen LogP contribution in [0, 0.1) is 0 Å². The van der Waals surface area contributed by atoms with Gasteiger partial charge in [0.15, 0.2) is 11.6 Å². The van der Waals surface area contributed by atoms with Crippen molar-refractivity contribution in [3.8, 4) is 17.2 Å². The Hall–Kier alpha value is -3.82. The van der Waals surface area contributed by atoms with Crippen molar-refractivity contribution in [3.05, 3.63) is 101 Å². The zero-order chi connectivity index (χ0) is 28.5. The van der Waals surface area contributed by atoms with Crippen molar-refractivity contribution in [1.82, 2.24) is 5.32 Å². The van der Waals surface area contributed by atoms with Gasteiger partial charge >= 0.3 is 0 Å². The number of carbonyl (C=O) groups is 1. The van der Waals surface area contributed by atoms with E-state index in [1.54, 1.807) is 26.4 Å². The Bertz CT molecular complexity index is 1320. The Morgan fingerprint density at radius 1 is 1.07 bits per heavy atom. The summed E-state index contributed by atoms with van der Waals surface area (Å²) in [5.74, 6) is 2.00. The van der Waals surface area contributed by atoms with Gasteiger partial charge in [-0.2, -0.15) is 0 Å². The van der Waals surface area contributed by atoms with Gasteiger partial charge in [0.1, 0.15) is 17.2 Å². The number of aliphatic imine (C=N–C) groups is 1. The standard InChI is InChI=1S/C31H33BrN2O6/c1-4-14-31(30(36)33-20-21-17-26(37-2)19-27(18-21)38-3)28(22-6-10-24(32)11-7-22)40-29(34-31)23-8-12-25(13-9-23)39-16-5-15-35/h4,6-13,17-19,28,35H,1,5,14-16,20H2,2-3H3,(H,33,36)/t28-,31-/m1/s1. The van der Waals surface area contributed by atoms with E-state index in [2.05, 4.69) is 27.8 Å². The first-order chi connectivity index (χ1) is 19.4. The molecule has 2 atom stereocenters. The number of aliphatic hydroxyl groups is 1.